The van der Waals surface area contributed by atoms with Crippen molar-refractivity contribution in [2.75, 3.05) is 25.7 Å². The van der Waals surface area contributed by atoms with Crippen LogP contribution in [0.4, 0.5) is 10.1 Å². The molecule has 1 heterocycles. The van der Waals surface area contributed by atoms with Gasteiger partial charge in [0, 0.05) is 11.6 Å². The van der Waals surface area contributed by atoms with E-state index in [1.54, 1.807) is 18.2 Å². The molecule has 1 saturated heterocycles. The van der Waals surface area contributed by atoms with Crippen molar-refractivity contribution in [3.63, 3.8) is 0 Å². The fourth-order valence-corrected chi connectivity index (χ4v) is 6.54. The molecule has 12 heteroatoms. The summed E-state index contributed by atoms with van der Waals surface area (Å²) in [5.41, 5.74) is 0.842. The Hall–Kier alpha value is -3.18. The molecular weight excluding hydrogens is 558 g/mol. The van der Waals surface area contributed by atoms with E-state index in [1.807, 2.05) is 0 Å². The third-order valence-electron chi connectivity index (χ3n) is 6.10. The predicted molar refractivity (Wildman–Crippen MR) is 141 cm³/mol. The van der Waals surface area contributed by atoms with Crippen LogP contribution in [0.5, 0.6) is 11.5 Å². The van der Waals surface area contributed by atoms with Crippen molar-refractivity contribution in [1.29, 1.82) is 0 Å². The lowest BCUT2D eigenvalue weighted by molar-refractivity contribution is -0.122. The van der Waals surface area contributed by atoms with E-state index in [0.717, 1.165) is 21.3 Å². The van der Waals surface area contributed by atoms with Crippen LogP contribution in [0.2, 0.25) is 10.0 Å². The van der Waals surface area contributed by atoms with Crippen molar-refractivity contribution >= 4 is 50.7 Å². The number of hydrogen-bond donors (Lipinski definition) is 0. The van der Waals surface area contributed by atoms with E-state index in [4.69, 9.17) is 32.7 Å². The third-order valence-corrected chi connectivity index (χ3v) is 8.73. The minimum Gasteiger partial charge on any atom is -0.493 e. The molecule has 0 N–H and O–H groups in total. The average molecular weight is 581 g/mol. The Morgan fingerprint density at radius 3 is 2.32 bits per heavy atom. The second-order valence-corrected chi connectivity index (χ2v) is 11.1. The largest absolute Gasteiger partial charge is 0.493 e. The number of ether oxygens (including phenoxy) is 2. The van der Waals surface area contributed by atoms with Crippen LogP contribution in [-0.2, 0) is 26.0 Å². The van der Waals surface area contributed by atoms with Gasteiger partial charge in [0.2, 0.25) is 15.9 Å². The van der Waals surface area contributed by atoms with Gasteiger partial charge in [-0.1, -0.05) is 29.3 Å². The van der Waals surface area contributed by atoms with Crippen molar-refractivity contribution in [2.24, 2.45) is 0 Å². The molecule has 0 aromatic heterocycles. The quantitative estimate of drug-likeness (QED) is 0.340. The van der Waals surface area contributed by atoms with Gasteiger partial charge in [-0.2, -0.15) is 4.31 Å². The first-order chi connectivity index (χ1) is 18.1. The minimum absolute atomic E-state index is 0.0855. The first-order valence-corrected chi connectivity index (χ1v) is 13.6. The fourth-order valence-electron chi connectivity index (χ4n) is 4.22. The van der Waals surface area contributed by atoms with E-state index in [-0.39, 0.29) is 33.6 Å². The highest BCUT2D eigenvalue weighted by molar-refractivity contribution is 7.89. The Kier molecular flexibility index (Phi) is 8.27. The van der Waals surface area contributed by atoms with Crippen molar-refractivity contribution in [3.8, 4) is 11.5 Å². The zero-order chi connectivity index (χ0) is 27.6. The molecule has 0 spiro atoms. The first-order valence-electron chi connectivity index (χ1n) is 11.4. The van der Waals surface area contributed by atoms with E-state index in [9.17, 15) is 22.4 Å². The third kappa shape index (κ3) is 5.49. The molecule has 0 radical (unpaired) electrons. The molecule has 1 atom stereocenters. The summed E-state index contributed by atoms with van der Waals surface area (Å²) in [7, 11) is -1.43. The molecule has 200 valence electrons. The minimum atomic E-state index is -4.40. The summed E-state index contributed by atoms with van der Waals surface area (Å²) in [5.74, 6) is -0.963. The number of anilines is 1. The summed E-state index contributed by atoms with van der Waals surface area (Å²) < 4.78 is 52.7. The number of carbonyl (C=O) groups is 2. The standard InChI is InChI=1S/C26H23Cl2FN2O6S/c1-36-22-10-3-16(13-23(22)37-2)11-12-30(38(34,35)24-14-17(27)4-9-20(24)28)21-15-25(32)31(26(21)33)19-7-5-18(29)6-8-19/h3-10,13-14,21H,11-12,15H2,1-2H3. The van der Waals surface area contributed by atoms with Crippen LogP contribution in [0.25, 0.3) is 0 Å². The molecule has 0 bridgehead atoms. The van der Waals surface area contributed by atoms with E-state index < -0.39 is 40.1 Å². The van der Waals surface area contributed by atoms with Gasteiger partial charge in [-0.05, 0) is 66.6 Å². The van der Waals surface area contributed by atoms with Gasteiger partial charge in [0.25, 0.3) is 5.91 Å². The molecular formula is C26H23Cl2FN2O6S. The normalized spacial score (nSPS) is 15.8. The maximum Gasteiger partial charge on any atom is 0.252 e. The number of halogens is 3. The second kappa shape index (κ2) is 11.3. The topological polar surface area (TPSA) is 93.2 Å². The summed E-state index contributed by atoms with van der Waals surface area (Å²) in [6.07, 6.45) is -0.230. The number of methoxy groups -OCH3 is 2. The smallest absolute Gasteiger partial charge is 0.252 e. The molecule has 2 amide bonds. The van der Waals surface area contributed by atoms with Crippen LogP contribution in [0.1, 0.15) is 12.0 Å². The summed E-state index contributed by atoms with van der Waals surface area (Å²) in [4.78, 5) is 27.0. The molecule has 4 rings (SSSR count). The number of imide groups is 1. The van der Waals surface area contributed by atoms with Gasteiger partial charge in [0.05, 0.1) is 31.4 Å². The molecule has 1 fully saturated rings. The van der Waals surface area contributed by atoms with Crippen LogP contribution in [0.15, 0.2) is 65.6 Å². The van der Waals surface area contributed by atoms with Crippen LogP contribution in [0.3, 0.4) is 0 Å². The Morgan fingerprint density at radius 2 is 1.66 bits per heavy atom. The van der Waals surface area contributed by atoms with Crippen molar-refractivity contribution in [1.82, 2.24) is 4.31 Å². The molecule has 38 heavy (non-hydrogen) atoms. The Bertz CT molecular complexity index is 1480. The number of benzene rings is 3. The number of rotatable bonds is 9. The van der Waals surface area contributed by atoms with Gasteiger partial charge in [0.1, 0.15) is 16.8 Å². The Morgan fingerprint density at radius 1 is 0.974 bits per heavy atom. The summed E-state index contributed by atoms with van der Waals surface area (Å²) in [6.45, 7) is -0.165. The predicted octanol–water partition coefficient (Wildman–Crippen LogP) is 4.72. The van der Waals surface area contributed by atoms with Gasteiger partial charge < -0.3 is 9.47 Å². The lowest BCUT2D eigenvalue weighted by atomic mass is 10.1. The lowest BCUT2D eigenvalue weighted by Gasteiger charge is -2.27. The molecule has 1 aliphatic rings. The maximum absolute atomic E-state index is 13.9. The SMILES string of the molecule is COc1ccc(CCN(C2CC(=O)N(c3ccc(F)cc3)C2=O)S(=O)(=O)c2cc(Cl)ccc2Cl)cc1OC. The lowest BCUT2D eigenvalue weighted by Crippen LogP contribution is -2.46. The molecule has 3 aromatic rings. The number of amides is 2. The van der Waals surface area contributed by atoms with E-state index >= 15 is 0 Å². The van der Waals surface area contributed by atoms with Crippen molar-refractivity contribution in [2.45, 2.75) is 23.8 Å². The fraction of sp³-hybridized carbons (Fsp3) is 0.231. The van der Waals surface area contributed by atoms with Crippen molar-refractivity contribution in [3.05, 3.63) is 82.1 Å². The van der Waals surface area contributed by atoms with E-state index in [2.05, 4.69) is 0 Å². The van der Waals surface area contributed by atoms with Crippen LogP contribution in [0, 0.1) is 5.82 Å². The number of hydrogen-bond acceptors (Lipinski definition) is 6. The van der Waals surface area contributed by atoms with Gasteiger partial charge >= 0.3 is 0 Å². The molecule has 0 aliphatic carbocycles. The van der Waals surface area contributed by atoms with Crippen LogP contribution >= 0.6 is 23.2 Å². The van der Waals surface area contributed by atoms with Crippen LogP contribution in [-0.4, -0.2) is 51.3 Å². The van der Waals surface area contributed by atoms with Gasteiger partial charge in [-0.15, -0.1) is 0 Å². The number of nitrogens with zero attached hydrogens (tertiary/aromatic N) is 2. The maximum atomic E-state index is 13.9. The highest BCUT2D eigenvalue weighted by atomic mass is 35.5. The zero-order valence-corrected chi connectivity index (χ0v) is 22.7. The van der Waals surface area contributed by atoms with E-state index in [0.29, 0.717) is 17.1 Å². The average Bonchev–Trinajstić information content (AvgIpc) is 3.18. The number of carbonyl (C=O) groups excluding carboxylic acids is 2. The molecule has 8 nitrogen and oxygen atoms in total. The summed E-state index contributed by atoms with van der Waals surface area (Å²) >= 11 is 12.3. The second-order valence-electron chi connectivity index (χ2n) is 8.39. The van der Waals surface area contributed by atoms with Gasteiger partial charge in [-0.25, -0.2) is 17.7 Å². The molecule has 1 unspecified atom stereocenters. The van der Waals surface area contributed by atoms with Crippen LogP contribution < -0.4 is 14.4 Å². The number of sulfonamides is 1. The van der Waals surface area contributed by atoms with E-state index in [1.165, 1.54) is 44.6 Å². The monoisotopic (exact) mass is 580 g/mol. The molecule has 0 saturated carbocycles. The highest BCUT2D eigenvalue weighted by Gasteiger charge is 2.47. The summed E-state index contributed by atoms with van der Waals surface area (Å²) in [5, 5.41) is 0.0484. The first kappa shape index (κ1) is 27.8. The zero-order valence-electron chi connectivity index (χ0n) is 20.4. The molecule has 1 aliphatic heterocycles. The summed E-state index contributed by atoms with van der Waals surface area (Å²) in [6, 6.07) is 12.5. The highest BCUT2D eigenvalue weighted by Crippen LogP contribution is 2.34. The van der Waals surface area contributed by atoms with Gasteiger partial charge in [-0.3, -0.25) is 9.59 Å². The molecule has 3 aromatic carbocycles. The van der Waals surface area contributed by atoms with Crippen molar-refractivity contribution < 1.29 is 31.9 Å². The Balaban J connectivity index is 1.73. The Labute approximate surface area is 229 Å². The van der Waals surface area contributed by atoms with Gasteiger partial charge in [0.15, 0.2) is 11.5 Å².